The topological polar surface area (TPSA) is 61.4 Å². The molecule has 90 valence electrons. The van der Waals surface area contributed by atoms with Crippen LogP contribution < -0.4 is 10.6 Å². The van der Waals surface area contributed by atoms with Crippen LogP contribution in [0.5, 0.6) is 0 Å². The minimum Gasteiger partial charge on any atom is -0.329 e. The van der Waals surface area contributed by atoms with Crippen LogP contribution in [-0.4, -0.2) is 42.5 Å². The van der Waals surface area contributed by atoms with Crippen LogP contribution in [0.3, 0.4) is 0 Å². The summed E-state index contributed by atoms with van der Waals surface area (Å²) in [6.07, 6.45) is 2.29. The van der Waals surface area contributed by atoms with Gasteiger partial charge in [0, 0.05) is 12.6 Å². The summed E-state index contributed by atoms with van der Waals surface area (Å²) in [5, 5.41) is 5.95. The Hall–Kier alpha value is -1.10. The third-order valence-electron chi connectivity index (χ3n) is 3.63. The first-order valence-corrected chi connectivity index (χ1v) is 5.82. The van der Waals surface area contributed by atoms with Crippen molar-refractivity contribution in [2.75, 3.05) is 19.6 Å². The van der Waals surface area contributed by atoms with Gasteiger partial charge in [0.15, 0.2) is 0 Å². The van der Waals surface area contributed by atoms with Gasteiger partial charge in [-0.05, 0) is 24.8 Å². The molecule has 2 rings (SSSR count). The minimum atomic E-state index is -0.256. The number of piperidine rings is 1. The predicted octanol–water partition coefficient (Wildman–Crippen LogP) is 0.316. The summed E-state index contributed by atoms with van der Waals surface area (Å²) in [4.78, 5) is 24.2. The van der Waals surface area contributed by atoms with Crippen molar-refractivity contribution in [2.45, 2.75) is 32.7 Å². The van der Waals surface area contributed by atoms with Crippen molar-refractivity contribution in [3.05, 3.63) is 0 Å². The number of carbonyl (C=O) groups excluding carboxylic acids is 2. The first kappa shape index (κ1) is 11.4. The molecule has 1 atom stereocenters. The lowest BCUT2D eigenvalue weighted by Crippen LogP contribution is -2.54. The zero-order chi connectivity index (χ0) is 11.8. The van der Waals surface area contributed by atoms with Crippen LogP contribution in [0.15, 0.2) is 0 Å². The van der Waals surface area contributed by atoms with E-state index in [1.807, 2.05) is 0 Å². The van der Waals surface area contributed by atoms with Gasteiger partial charge in [-0.3, -0.25) is 9.69 Å². The Kier molecular flexibility index (Phi) is 2.88. The van der Waals surface area contributed by atoms with Crippen LogP contribution >= 0.6 is 0 Å². The summed E-state index contributed by atoms with van der Waals surface area (Å²) < 4.78 is 0. The van der Waals surface area contributed by atoms with Crippen LogP contribution in [0.2, 0.25) is 0 Å². The lowest BCUT2D eigenvalue weighted by atomic mass is 9.77. The van der Waals surface area contributed by atoms with E-state index in [2.05, 4.69) is 24.5 Å². The second-order valence-corrected chi connectivity index (χ2v) is 5.26. The zero-order valence-corrected chi connectivity index (χ0v) is 9.88. The van der Waals surface area contributed by atoms with Crippen molar-refractivity contribution in [3.63, 3.8) is 0 Å². The maximum Gasteiger partial charge on any atom is 0.324 e. The number of amides is 3. The predicted molar refractivity (Wildman–Crippen MR) is 59.9 cm³/mol. The molecule has 0 aromatic rings. The van der Waals surface area contributed by atoms with Crippen molar-refractivity contribution in [1.29, 1.82) is 0 Å². The molecule has 0 aromatic heterocycles. The molecule has 0 spiro atoms. The van der Waals surface area contributed by atoms with Gasteiger partial charge in [0.1, 0.15) is 0 Å². The van der Waals surface area contributed by atoms with Gasteiger partial charge in [-0.2, -0.15) is 0 Å². The average Bonchev–Trinajstić information content (AvgIpc) is 2.52. The lowest BCUT2D eigenvalue weighted by Gasteiger charge is -2.40. The average molecular weight is 225 g/mol. The van der Waals surface area contributed by atoms with Gasteiger partial charge in [-0.25, -0.2) is 4.79 Å². The SMILES string of the molecule is CC1(C)CCCNC1CN1C(=O)CNC1=O. The van der Waals surface area contributed by atoms with Crippen LogP contribution in [0, 0.1) is 5.41 Å². The summed E-state index contributed by atoms with van der Waals surface area (Å²) in [6, 6.07) is -0.0535. The quantitative estimate of drug-likeness (QED) is 0.665. The Balaban J connectivity index is 2.03. The molecule has 5 heteroatoms. The number of nitrogens with zero attached hydrogens (tertiary/aromatic N) is 1. The van der Waals surface area contributed by atoms with E-state index in [1.54, 1.807) is 0 Å². The largest absolute Gasteiger partial charge is 0.329 e. The third kappa shape index (κ3) is 2.04. The third-order valence-corrected chi connectivity index (χ3v) is 3.63. The van der Waals surface area contributed by atoms with E-state index in [9.17, 15) is 9.59 Å². The van der Waals surface area contributed by atoms with Crippen LogP contribution in [0.1, 0.15) is 26.7 Å². The second-order valence-electron chi connectivity index (χ2n) is 5.26. The normalized spacial score (nSPS) is 29.4. The molecule has 0 aliphatic carbocycles. The van der Waals surface area contributed by atoms with Gasteiger partial charge in [0.25, 0.3) is 0 Å². The standard InChI is InChI=1S/C11H19N3O2/c1-11(2)4-3-5-12-8(11)7-14-9(15)6-13-10(14)16/h8,12H,3-7H2,1-2H3,(H,13,16). The van der Waals surface area contributed by atoms with Crippen LogP contribution in [0.4, 0.5) is 4.79 Å². The Morgan fingerprint density at radius 2 is 2.19 bits per heavy atom. The molecule has 5 nitrogen and oxygen atoms in total. The number of imide groups is 1. The molecular weight excluding hydrogens is 206 g/mol. The molecule has 2 N–H and O–H groups in total. The highest BCUT2D eigenvalue weighted by atomic mass is 16.2. The maximum atomic E-state index is 11.5. The Labute approximate surface area is 95.6 Å². The minimum absolute atomic E-state index is 0.117. The molecule has 1 unspecified atom stereocenters. The number of carbonyl (C=O) groups is 2. The number of hydrogen-bond donors (Lipinski definition) is 2. The molecule has 2 fully saturated rings. The van der Waals surface area contributed by atoms with Crippen LogP contribution in [0.25, 0.3) is 0 Å². The first-order chi connectivity index (χ1) is 7.50. The molecule has 2 aliphatic rings. The summed E-state index contributed by atoms with van der Waals surface area (Å²) in [5.74, 6) is -0.117. The Morgan fingerprint density at radius 3 is 2.75 bits per heavy atom. The molecule has 0 bridgehead atoms. The zero-order valence-electron chi connectivity index (χ0n) is 9.88. The van der Waals surface area contributed by atoms with Gasteiger partial charge >= 0.3 is 6.03 Å². The highest BCUT2D eigenvalue weighted by molar-refractivity contribution is 6.01. The fraction of sp³-hybridized carbons (Fsp3) is 0.818. The van der Waals surface area contributed by atoms with E-state index < -0.39 is 0 Å². The monoisotopic (exact) mass is 225 g/mol. The van der Waals surface area contributed by atoms with E-state index in [4.69, 9.17) is 0 Å². The Bertz CT molecular complexity index is 298. The fourth-order valence-corrected chi connectivity index (χ4v) is 2.41. The smallest absolute Gasteiger partial charge is 0.324 e. The Morgan fingerprint density at radius 1 is 1.44 bits per heavy atom. The molecule has 0 radical (unpaired) electrons. The number of nitrogens with one attached hydrogen (secondary N) is 2. The lowest BCUT2D eigenvalue weighted by molar-refractivity contribution is -0.125. The van der Waals surface area contributed by atoms with E-state index in [-0.39, 0.29) is 29.9 Å². The van der Waals surface area contributed by atoms with Gasteiger partial charge in [0.2, 0.25) is 5.91 Å². The summed E-state index contributed by atoms with van der Waals surface area (Å²) in [7, 11) is 0. The first-order valence-electron chi connectivity index (χ1n) is 5.82. The molecular formula is C11H19N3O2. The van der Waals surface area contributed by atoms with Gasteiger partial charge in [-0.15, -0.1) is 0 Å². The molecule has 16 heavy (non-hydrogen) atoms. The van der Waals surface area contributed by atoms with Gasteiger partial charge in [0.05, 0.1) is 6.54 Å². The number of urea groups is 1. The maximum absolute atomic E-state index is 11.5. The fourth-order valence-electron chi connectivity index (χ4n) is 2.41. The molecule has 2 aliphatic heterocycles. The molecule has 0 saturated carbocycles. The highest BCUT2D eigenvalue weighted by Crippen LogP contribution is 2.30. The van der Waals surface area contributed by atoms with Crippen molar-refractivity contribution in [2.24, 2.45) is 5.41 Å². The van der Waals surface area contributed by atoms with Gasteiger partial charge in [-0.1, -0.05) is 13.8 Å². The van der Waals surface area contributed by atoms with Gasteiger partial charge < -0.3 is 10.6 Å². The van der Waals surface area contributed by atoms with E-state index in [1.165, 1.54) is 4.90 Å². The summed E-state index contributed by atoms with van der Waals surface area (Å²) in [5.41, 5.74) is 0.140. The summed E-state index contributed by atoms with van der Waals surface area (Å²) >= 11 is 0. The van der Waals surface area contributed by atoms with Crippen molar-refractivity contribution < 1.29 is 9.59 Å². The van der Waals surface area contributed by atoms with Crippen LogP contribution in [-0.2, 0) is 4.79 Å². The number of rotatable bonds is 2. The van der Waals surface area contributed by atoms with Crippen molar-refractivity contribution >= 4 is 11.9 Å². The molecule has 0 aromatic carbocycles. The van der Waals surface area contributed by atoms with Crippen molar-refractivity contribution in [3.8, 4) is 0 Å². The number of hydrogen-bond acceptors (Lipinski definition) is 3. The second kappa shape index (κ2) is 4.05. The summed E-state index contributed by atoms with van der Waals surface area (Å²) in [6.45, 7) is 5.96. The molecule has 2 saturated heterocycles. The molecule has 3 amide bonds. The van der Waals surface area contributed by atoms with E-state index in [0.29, 0.717) is 6.54 Å². The van der Waals surface area contributed by atoms with Crippen molar-refractivity contribution in [1.82, 2.24) is 15.5 Å². The van der Waals surface area contributed by atoms with E-state index >= 15 is 0 Å². The molecule has 2 heterocycles. The van der Waals surface area contributed by atoms with E-state index in [0.717, 1.165) is 19.4 Å². The highest BCUT2D eigenvalue weighted by Gasteiger charge is 2.37.